The molecule has 1 aromatic heterocycles. The number of ether oxygens (including phenoxy) is 3. The molecule has 0 saturated carbocycles. The maximum absolute atomic E-state index is 12.3. The normalized spacial score (nSPS) is 16.1. The summed E-state index contributed by atoms with van der Waals surface area (Å²) in [6.45, 7) is 9.01. The molecule has 2 N–H and O–H groups in total. The molecule has 1 unspecified atom stereocenters. The molecule has 1 saturated heterocycles. The quantitative estimate of drug-likeness (QED) is 0.660. The van der Waals surface area contributed by atoms with Crippen molar-refractivity contribution < 1.29 is 19.0 Å². The molecule has 2 heterocycles. The lowest BCUT2D eigenvalue weighted by Crippen LogP contribution is -2.36. The number of anilines is 3. The second-order valence-corrected chi connectivity index (χ2v) is 8.77. The lowest BCUT2D eigenvalue weighted by molar-refractivity contribution is 0.0182. The van der Waals surface area contributed by atoms with Crippen LogP contribution in [0.5, 0.6) is 5.75 Å². The van der Waals surface area contributed by atoms with Gasteiger partial charge in [0.25, 0.3) is 0 Å². The second-order valence-electron chi connectivity index (χ2n) is 8.77. The Morgan fingerprint density at radius 3 is 2.72 bits per heavy atom. The van der Waals surface area contributed by atoms with Crippen LogP contribution in [0.4, 0.5) is 22.2 Å². The molecule has 2 aromatic rings. The van der Waals surface area contributed by atoms with Gasteiger partial charge in [-0.15, -0.1) is 0 Å². The van der Waals surface area contributed by atoms with Gasteiger partial charge < -0.3 is 29.7 Å². The Bertz CT molecular complexity index is 944. The van der Waals surface area contributed by atoms with Crippen molar-refractivity contribution in [2.75, 3.05) is 37.9 Å². The smallest absolute Gasteiger partial charge is 0.410 e. The van der Waals surface area contributed by atoms with Crippen molar-refractivity contribution in [3.05, 3.63) is 35.5 Å². The topological polar surface area (TPSA) is 97.8 Å². The highest BCUT2D eigenvalue weighted by atomic mass is 16.6. The number of nitrogens with one attached hydrogen (secondary N) is 2. The van der Waals surface area contributed by atoms with Crippen LogP contribution in [-0.4, -0.2) is 59.9 Å². The predicted octanol–water partition coefficient (Wildman–Crippen LogP) is 4.10. The Kier molecular flexibility index (Phi) is 7.40. The average molecular weight is 444 g/mol. The largest absolute Gasteiger partial charge is 0.496 e. The summed E-state index contributed by atoms with van der Waals surface area (Å²) in [5.41, 5.74) is 2.08. The summed E-state index contributed by atoms with van der Waals surface area (Å²) in [5.74, 6) is 1.99. The Labute approximate surface area is 189 Å². The van der Waals surface area contributed by atoms with E-state index in [0.29, 0.717) is 25.6 Å². The molecule has 9 nitrogen and oxygen atoms in total. The minimum atomic E-state index is -0.508. The van der Waals surface area contributed by atoms with Crippen LogP contribution in [0.15, 0.2) is 24.3 Å². The summed E-state index contributed by atoms with van der Waals surface area (Å²) in [7, 11) is 3.45. The number of carbonyl (C=O) groups excluding carboxylic acids is 1. The van der Waals surface area contributed by atoms with Gasteiger partial charge in [-0.1, -0.05) is 0 Å². The van der Waals surface area contributed by atoms with E-state index in [1.54, 1.807) is 12.0 Å². The van der Waals surface area contributed by atoms with Crippen molar-refractivity contribution in [1.29, 1.82) is 0 Å². The lowest BCUT2D eigenvalue weighted by Gasteiger charge is -2.24. The highest BCUT2D eigenvalue weighted by Gasteiger charge is 2.30. The van der Waals surface area contributed by atoms with Crippen LogP contribution in [-0.2, 0) is 16.1 Å². The summed E-state index contributed by atoms with van der Waals surface area (Å²) in [6, 6.07) is 7.63. The minimum absolute atomic E-state index is 0.0536. The zero-order valence-corrected chi connectivity index (χ0v) is 19.7. The third kappa shape index (κ3) is 6.46. The third-order valence-corrected chi connectivity index (χ3v) is 4.92. The number of methoxy groups -OCH3 is 1. The molecule has 1 amide bonds. The number of hydrogen-bond donors (Lipinski definition) is 2. The monoisotopic (exact) mass is 443 g/mol. The van der Waals surface area contributed by atoms with Gasteiger partial charge in [-0.25, -0.2) is 9.78 Å². The van der Waals surface area contributed by atoms with Crippen molar-refractivity contribution >= 4 is 23.5 Å². The van der Waals surface area contributed by atoms with E-state index in [-0.39, 0.29) is 12.2 Å². The number of hydrogen-bond acceptors (Lipinski definition) is 8. The zero-order valence-electron chi connectivity index (χ0n) is 19.7. The van der Waals surface area contributed by atoms with E-state index in [0.717, 1.165) is 34.9 Å². The Hall–Kier alpha value is -3.07. The number of benzene rings is 1. The van der Waals surface area contributed by atoms with E-state index in [2.05, 4.69) is 20.6 Å². The second kappa shape index (κ2) is 10.0. The fourth-order valence-corrected chi connectivity index (χ4v) is 3.41. The molecule has 9 heteroatoms. The molecule has 32 heavy (non-hydrogen) atoms. The molecule has 1 aliphatic heterocycles. The number of carbonyl (C=O) groups is 1. The van der Waals surface area contributed by atoms with Gasteiger partial charge in [0.05, 0.1) is 26.4 Å². The maximum atomic E-state index is 12.3. The van der Waals surface area contributed by atoms with Crippen molar-refractivity contribution in [3.8, 4) is 5.75 Å². The molecule has 0 spiro atoms. The van der Waals surface area contributed by atoms with Gasteiger partial charge in [0.1, 0.15) is 17.2 Å². The standard InChI is InChI=1S/C23H33N5O4/c1-15-11-20(24-5)27-21(25-15)26-17-7-8-19(30-6)16(12-17)14-31-18-9-10-28(13-18)22(29)32-23(2,3)4/h7-8,11-12,18H,9-10,13-14H2,1-6H3,(H2,24,25,26,27). The molecular weight excluding hydrogens is 410 g/mol. The maximum Gasteiger partial charge on any atom is 0.410 e. The molecular formula is C23H33N5O4. The molecule has 1 aliphatic rings. The van der Waals surface area contributed by atoms with Crippen molar-refractivity contribution in [2.45, 2.75) is 52.4 Å². The SMILES string of the molecule is CNc1cc(C)nc(Nc2ccc(OC)c(COC3CCN(C(=O)OC(C)(C)C)C3)c2)n1. The van der Waals surface area contributed by atoms with Crippen LogP contribution in [0.25, 0.3) is 0 Å². The third-order valence-electron chi connectivity index (χ3n) is 4.92. The summed E-state index contributed by atoms with van der Waals surface area (Å²) in [4.78, 5) is 22.8. The first-order valence-corrected chi connectivity index (χ1v) is 10.7. The van der Waals surface area contributed by atoms with Crippen molar-refractivity contribution in [1.82, 2.24) is 14.9 Å². The highest BCUT2D eigenvalue weighted by Crippen LogP contribution is 2.27. The Morgan fingerprint density at radius 1 is 1.25 bits per heavy atom. The van der Waals surface area contributed by atoms with E-state index < -0.39 is 5.60 Å². The van der Waals surface area contributed by atoms with Gasteiger partial charge in [0.2, 0.25) is 5.95 Å². The summed E-state index contributed by atoms with van der Waals surface area (Å²) < 4.78 is 17.1. The highest BCUT2D eigenvalue weighted by molar-refractivity contribution is 5.68. The number of amides is 1. The van der Waals surface area contributed by atoms with Crippen molar-refractivity contribution in [3.63, 3.8) is 0 Å². The molecule has 3 rings (SSSR count). The van der Waals surface area contributed by atoms with Crippen LogP contribution >= 0.6 is 0 Å². The predicted molar refractivity (Wildman–Crippen MR) is 124 cm³/mol. The Balaban J connectivity index is 1.63. The van der Waals surface area contributed by atoms with Crippen LogP contribution in [0.2, 0.25) is 0 Å². The number of nitrogens with zero attached hydrogens (tertiary/aromatic N) is 3. The van der Waals surface area contributed by atoms with Gasteiger partial charge in [-0.2, -0.15) is 4.98 Å². The van der Waals surface area contributed by atoms with E-state index in [1.807, 2.05) is 59.0 Å². The number of likely N-dealkylation sites (tertiary alicyclic amines) is 1. The van der Waals surface area contributed by atoms with E-state index in [4.69, 9.17) is 14.2 Å². The van der Waals surface area contributed by atoms with Gasteiger partial charge in [0, 0.05) is 36.6 Å². The fraction of sp³-hybridized carbons (Fsp3) is 0.522. The summed E-state index contributed by atoms with van der Waals surface area (Å²) in [6.07, 6.45) is 0.414. The van der Waals surface area contributed by atoms with E-state index in [1.165, 1.54) is 0 Å². The minimum Gasteiger partial charge on any atom is -0.496 e. The molecule has 0 bridgehead atoms. The van der Waals surface area contributed by atoms with Crippen LogP contribution in [0, 0.1) is 6.92 Å². The lowest BCUT2D eigenvalue weighted by atomic mass is 10.2. The van der Waals surface area contributed by atoms with Gasteiger partial charge in [-0.3, -0.25) is 0 Å². The first kappa shape index (κ1) is 23.6. The van der Waals surface area contributed by atoms with E-state index >= 15 is 0 Å². The fourth-order valence-electron chi connectivity index (χ4n) is 3.41. The molecule has 0 radical (unpaired) electrons. The molecule has 1 fully saturated rings. The van der Waals surface area contributed by atoms with Crippen LogP contribution in [0.1, 0.15) is 38.4 Å². The zero-order chi connectivity index (χ0) is 23.3. The number of aryl methyl sites for hydroxylation is 1. The molecule has 1 aromatic carbocycles. The van der Waals surface area contributed by atoms with Gasteiger partial charge in [-0.05, 0) is 52.3 Å². The molecule has 174 valence electrons. The van der Waals surface area contributed by atoms with E-state index in [9.17, 15) is 4.79 Å². The van der Waals surface area contributed by atoms with Crippen LogP contribution in [0.3, 0.4) is 0 Å². The first-order chi connectivity index (χ1) is 15.2. The molecule has 1 atom stereocenters. The van der Waals surface area contributed by atoms with Crippen molar-refractivity contribution in [2.24, 2.45) is 0 Å². The number of aromatic nitrogens is 2. The van der Waals surface area contributed by atoms with Crippen LogP contribution < -0.4 is 15.4 Å². The summed E-state index contributed by atoms with van der Waals surface area (Å²) in [5, 5.41) is 6.27. The summed E-state index contributed by atoms with van der Waals surface area (Å²) >= 11 is 0. The van der Waals surface area contributed by atoms with Gasteiger partial charge >= 0.3 is 6.09 Å². The molecule has 0 aliphatic carbocycles. The van der Waals surface area contributed by atoms with Gasteiger partial charge in [0.15, 0.2) is 0 Å². The first-order valence-electron chi connectivity index (χ1n) is 10.7. The average Bonchev–Trinajstić information content (AvgIpc) is 3.20. The Morgan fingerprint density at radius 2 is 2.03 bits per heavy atom. The number of rotatable bonds is 7.